The maximum Gasteiger partial charge on any atom is 0.0114 e. The number of hydrogen-bond acceptors (Lipinski definition) is 2. The van der Waals surface area contributed by atoms with Crippen LogP contribution in [0, 0.1) is 0 Å². The van der Waals surface area contributed by atoms with Gasteiger partial charge in [-0.1, -0.05) is 30.3 Å². The summed E-state index contributed by atoms with van der Waals surface area (Å²) in [5.41, 5.74) is 1.48. The summed E-state index contributed by atoms with van der Waals surface area (Å²) >= 11 is 0. The molecule has 0 amide bonds. The number of nitrogens with one attached hydrogen (secondary N) is 1. The lowest BCUT2D eigenvalue weighted by Gasteiger charge is -2.39. The molecular formula is C16H24N2. The topological polar surface area (TPSA) is 15.3 Å². The van der Waals surface area contributed by atoms with Gasteiger partial charge in [0.25, 0.3) is 0 Å². The molecule has 2 saturated heterocycles. The van der Waals surface area contributed by atoms with Gasteiger partial charge in [0.1, 0.15) is 0 Å². The molecule has 18 heavy (non-hydrogen) atoms. The zero-order valence-corrected chi connectivity index (χ0v) is 11.3. The third-order valence-corrected chi connectivity index (χ3v) is 4.79. The van der Waals surface area contributed by atoms with Crippen LogP contribution in [0.1, 0.15) is 31.2 Å². The molecule has 0 radical (unpaired) electrons. The summed E-state index contributed by atoms with van der Waals surface area (Å²) in [6.07, 6.45) is 6.73. The molecule has 0 saturated carbocycles. The van der Waals surface area contributed by atoms with E-state index in [-0.39, 0.29) is 0 Å². The number of fused-ring (bicyclic) bond motifs is 2. The highest BCUT2D eigenvalue weighted by Crippen LogP contribution is 2.35. The molecule has 2 fully saturated rings. The maximum absolute atomic E-state index is 3.47. The molecule has 2 heterocycles. The first kappa shape index (κ1) is 12.2. The number of nitrogens with zero attached hydrogens (tertiary/aromatic N) is 1. The van der Waals surface area contributed by atoms with Crippen LogP contribution in [0.25, 0.3) is 0 Å². The van der Waals surface area contributed by atoms with Crippen molar-refractivity contribution >= 4 is 0 Å². The Hall–Kier alpha value is -0.860. The van der Waals surface area contributed by atoms with Crippen LogP contribution in [0.3, 0.4) is 0 Å². The predicted octanol–water partition coefficient (Wildman–Crippen LogP) is 2.44. The summed E-state index contributed by atoms with van der Waals surface area (Å²) in [6, 6.07) is 13.3. The minimum atomic E-state index is 0.760. The van der Waals surface area contributed by atoms with E-state index >= 15 is 0 Å². The van der Waals surface area contributed by atoms with Crippen molar-refractivity contribution in [2.45, 2.75) is 50.2 Å². The minimum absolute atomic E-state index is 0.760. The molecule has 1 N–H and O–H groups in total. The van der Waals surface area contributed by atoms with E-state index in [1.165, 1.54) is 44.2 Å². The molecule has 2 heteroatoms. The van der Waals surface area contributed by atoms with Crippen molar-refractivity contribution in [1.29, 1.82) is 0 Å². The van der Waals surface area contributed by atoms with Crippen LogP contribution in [0.2, 0.25) is 0 Å². The van der Waals surface area contributed by atoms with E-state index in [0.29, 0.717) is 0 Å². The number of piperidine rings is 1. The van der Waals surface area contributed by atoms with Crippen molar-refractivity contribution in [1.82, 2.24) is 10.2 Å². The molecule has 0 spiro atoms. The minimum Gasteiger partial charge on any atom is -0.317 e. The van der Waals surface area contributed by atoms with Gasteiger partial charge in [-0.05, 0) is 44.7 Å². The Kier molecular flexibility index (Phi) is 3.67. The van der Waals surface area contributed by atoms with E-state index in [1.807, 2.05) is 0 Å². The van der Waals surface area contributed by atoms with Gasteiger partial charge in [-0.25, -0.2) is 0 Å². The van der Waals surface area contributed by atoms with Crippen LogP contribution in [0.4, 0.5) is 0 Å². The Balaban J connectivity index is 1.58. The second-order valence-corrected chi connectivity index (χ2v) is 5.82. The fraction of sp³-hybridized carbons (Fsp3) is 0.625. The van der Waals surface area contributed by atoms with Crippen LogP contribution in [-0.2, 0) is 6.42 Å². The van der Waals surface area contributed by atoms with Gasteiger partial charge in [-0.3, -0.25) is 4.90 Å². The molecule has 1 aromatic rings. The summed E-state index contributed by atoms with van der Waals surface area (Å²) in [6.45, 7) is 1.25. The molecule has 2 nitrogen and oxygen atoms in total. The van der Waals surface area contributed by atoms with Gasteiger partial charge < -0.3 is 5.32 Å². The van der Waals surface area contributed by atoms with Gasteiger partial charge in [0, 0.05) is 24.7 Å². The first-order valence-electron chi connectivity index (χ1n) is 7.34. The van der Waals surface area contributed by atoms with E-state index < -0.39 is 0 Å². The molecule has 2 aliphatic heterocycles. The van der Waals surface area contributed by atoms with Gasteiger partial charge >= 0.3 is 0 Å². The van der Waals surface area contributed by atoms with E-state index in [1.54, 1.807) is 0 Å². The third-order valence-electron chi connectivity index (χ3n) is 4.79. The number of benzene rings is 1. The van der Waals surface area contributed by atoms with Crippen molar-refractivity contribution in [3.63, 3.8) is 0 Å². The summed E-state index contributed by atoms with van der Waals surface area (Å²) in [5.74, 6) is 0. The molecular weight excluding hydrogens is 220 g/mol. The van der Waals surface area contributed by atoms with Gasteiger partial charge in [0.05, 0.1) is 0 Å². The first-order valence-corrected chi connectivity index (χ1v) is 7.34. The Morgan fingerprint density at radius 2 is 1.78 bits per heavy atom. The first-order chi connectivity index (χ1) is 8.86. The molecule has 2 aliphatic rings. The van der Waals surface area contributed by atoms with Gasteiger partial charge in [0.2, 0.25) is 0 Å². The molecule has 1 aromatic carbocycles. The molecule has 2 unspecified atom stereocenters. The fourth-order valence-corrected chi connectivity index (χ4v) is 3.78. The Morgan fingerprint density at radius 1 is 1.11 bits per heavy atom. The average molecular weight is 244 g/mol. The number of rotatable bonds is 4. The fourth-order valence-electron chi connectivity index (χ4n) is 3.78. The second-order valence-electron chi connectivity index (χ2n) is 5.82. The maximum atomic E-state index is 3.47. The zero-order chi connectivity index (χ0) is 12.4. The Bertz CT molecular complexity index is 362. The van der Waals surface area contributed by atoms with E-state index in [0.717, 1.165) is 18.1 Å². The summed E-state index contributed by atoms with van der Waals surface area (Å²) in [4.78, 5) is 2.78. The normalized spacial score (nSPS) is 31.7. The molecule has 2 bridgehead atoms. The Morgan fingerprint density at radius 3 is 2.39 bits per heavy atom. The summed E-state index contributed by atoms with van der Waals surface area (Å²) in [5, 5.41) is 3.47. The Labute approximate surface area is 110 Å². The van der Waals surface area contributed by atoms with Gasteiger partial charge in [-0.2, -0.15) is 0 Å². The van der Waals surface area contributed by atoms with Crippen LogP contribution in [0.5, 0.6) is 0 Å². The number of hydrogen-bond donors (Lipinski definition) is 1. The van der Waals surface area contributed by atoms with Crippen LogP contribution < -0.4 is 5.32 Å². The lowest BCUT2D eigenvalue weighted by molar-refractivity contribution is 0.121. The molecule has 3 rings (SSSR count). The van der Waals surface area contributed by atoms with Gasteiger partial charge in [0.15, 0.2) is 0 Å². The molecule has 0 aromatic heterocycles. The van der Waals surface area contributed by atoms with Crippen LogP contribution >= 0.6 is 0 Å². The van der Waals surface area contributed by atoms with Crippen molar-refractivity contribution in [3.8, 4) is 0 Å². The monoisotopic (exact) mass is 244 g/mol. The molecule has 2 atom stereocenters. The van der Waals surface area contributed by atoms with Crippen LogP contribution in [-0.4, -0.2) is 36.6 Å². The van der Waals surface area contributed by atoms with E-state index in [9.17, 15) is 0 Å². The van der Waals surface area contributed by atoms with Crippen molar-refractivity contribution in [2.75, 3.05) is 13.6 Å². The third kappa shape index (κ3) is 2.45. The second kappa shape index (κ2) is 5.41. The lowest BCUT2D eigenvalue weighted by Crippen LogP contribution is -2.48. The zero-order valence-electron chi connectivity index (χ0n) is 11.3. The predicted molar refractivity (Wildman–Crippen MR) is 75.7 cm³/mol. The van der Waals surface area contributed by atoms with E-state index in [2.05, 4.69) is 47.6 Å². The highest BCUT2D eigenvalue weighted by molar-refractivity contribution is 5.15. The lowest BCUT2D eigenvalue weighted by atomic mass is 9.97. The SMILES string of the molecule is CNC1CC2CCC(C1)N2CCc1ccccc1. The summed E-state index contributed by atoms with van der Waals surface area (Å²) in [7, 11) is 2.11. The van der Waals surface area contributed by atoms with Crippen molar-refractivity contribution in [3.05, 3.63) is 35.9 Å². The van der Waals surface area contributed by atoms with Gasteiger partial charge in [-0.15, -0.1) is 0 Å². The summed E-state index contributed by atoms with van der Waals surface area (Å²) < 4.78 is 0. The van der Waals surface area contributed by atoms with Crippen molar-refractivity contribution < 1.29 is 0 Å². The molecule has 0 aliphatic carbocycles. The molecule has 98 valence electrons. The highest BCUT2D eigenvalue weighted by atomic mass is 15.2. The smallest absolute Gasteiger partial charge is 0.0114 e. The standard InChI is InChI=1S/C16H24N2/c1-17-14-11-15-7-8-16(12-14)18(15)10-9-13-5-3-2-4-6-13/h2-6,14-17H,7-12H2,1H3. The van der Waals surface area contributed by atoms with Crippen molar-refractivity contribution in [2.24, 2.45) is 0 Å². The highest BCUT2D eigenvalue weighted by Gasteiger charge is 2.39. The van der Waals surface area contributed by atoms with Crippen LogP contribution in [0.15, 0.2) is 30.3 Å². The largest absolute Gasteiger partial charge is 0.317 e. The average Bonchev–Trinajstić information content (AvgIpc) is 2.66. The quantitative estimate of drug-likeness (QED) is 0.875. The van der Waals surface area contributed by atoms with E-state index in [4.69, 9.17) is 0 Å².